The van der Waals surface area contributed by atoms with Gasteiger partial charge in [-0.3, -0.25) is 9.59 Å². The van der Waals surface area contributed by atoms with Gasteiger partial charge in [-0.2, -0.15) is 0 Å². The Hall–Kier alpha value is -4.66. The van der Waals surface area contributed by atoms with Crippen molar-refractivity contribution in [3.05, 3.63) is 90.3 Å². The van der Waals surface area contributed by atoms with E-state index in [9.17, 15) is 14.7 Å². The number of carbonyl (C=O) groups is 2. The molecule has 1 heterocycles. The van der Waals surface area contributed by atoms with Crippen LogP contribution in [0, 0.1) is 5.92 Å². The van der Waals surface area contributed by atoms with E-state index in [0.717, 1.165) is 35.5 Å². The molecule has 1 aromatic heterocycles. The van der Waals surface area contributed by atoms with Crippen molar-refractivity contribution in [1.29, 1.82) is 0 Å². The van der Waals surface area contributed by atoms with E-state index >= 15 is 0 Å². The molecule has 0 unspecified atom stereocenters. The first-order chi connectivity index (χ1) is 18.0. The fourth-order valence-electron chi connectivity index (χ4n) is 4.51. The zero-order chi connectivity index (χ0) is 25.6. The number of carboxylic acids is 1. The van der Waals surface area contributed by atoms with Crippen molar-refractivity contribution in [3.63, 3.8) is 0 Å². The Morgan fingerprint density at radius 1 is 0.730 bits per heavy atom. The highest BCUT2D eigenvalue weighted by Gasteiger charge is 2.26. The van der Waals surface area contributed by atoms with Crippen LogP contribution in [0.2, 0.25) is 0 Å². The third kappa shape index (κ3) is 6.13. The third-order valence-corrected chi connectivity index (χ3v) is 6.53. The average Bonchev–Trinajstić information content (AvgIpc) is 3.40. The summed E-state index contributed by atoms with van der Waals surface area (Å²) >= 11 is 0. The second-order valence-electron chi connectivity index (χ2n) is 9.07. The number of nitrogens with zero attached hydrogens (tertiary/aromatic N) is 2. The second kappa shape index (κ2) is 10.9. The molecule has 0 radical (unpaired) electrons. The van der Waals surface area contributed by atoms with E-state index in [1.165, 1.54) is 0 Å². The Labute approximate surface area is 213 Å². The standard InChI is InChI=1S/C28H27N5O4/c34-25(30-23-12-10-19(11-13-23)18-6-8-20(9-7-18)27(35)36)26-32-33-28(37-26)31-24-16-14-22(15-17-24)29-21-4-2-1-3-5-21/h1-5,10-18,20,29H,6-9H2,(H,30,34)(H,31,33)(H,35,36). The van der Waals surface area contributed by atoms with Crippen LogP contribution in [0.5, 0.6) is 0 Å². The molecule has 1 aliphatic rings. The maximum absolute atomic E-state index is 12.6. The molecule has 188 valence electrons. The van der Waals surface area contributed by atoms with Crippen molar-refractivity contribution >= 4 is 40.6 Å². The number of hydrogen-bond donors (Lipinski definition) is 4. The molecule has 3 aromatic carbocycles. The summed E-state index contributed by atoms with van der Waals surface area (Å²) in [7, 11) is 0. The SMILES string of the molecule is O=C(Nc1ccc(C2CCC(C(=O)O)CC2)cc1)c1nnc(Nc2ccc(Nc3ccccc3)cc2)o1. The minimum absolute atomic E-state index is 0.112. The van der Waals surface area contributed by atoms with Crippen LogP contribution in [-0.4, -0.2) is 27.2 Å². The number of aliphatic carboxylic acids is 1. The summed E-state index contributed by atoms with van der Waals surface area (Å²) in [5.41, 5.74) is 4.43. The predicted octanol–water partition coefficient (Wildman–Crippen LogP) is 6.17. The van der Waals surface area contributed by atoms with Gasteiger partial charge in [0.15, 0.2) is 0 Å². The molecule has 0 bridgehead atoms. The third-order valence-electron chi connectivity index (χ3n) is 6.53. The molecule has 1 saturated carbocycles. The molecular weight excluding hydrogens is 470 g/mol. The Kier molecular flexibility index (Phi) is 7.12. The number of amides is 1. The molecule has 0 saturated heterocycles. The number of nitrogens with one attached hydrogen (secondary N) is 3. The van der Waals surface area contributed by atoms with Crippen LogP contribution in [0.3, 0.4) is 0 Å². The number of hydrogen-bond acceptors (Lipinski definition) is 7. The zero-order valence-corrected chi connectivity index (χ0v) is 20.1. The first kappa shape index (κ1) is 24.1. The van der Waals surface area contributed by atoms with Crippen LogP contribution >= 0.6 is 0 Å². The number of anilines is 5. The van der Waals surface area contributed by atoms with Crippen molar-refractivity contribution in [2.75, 3.05) is 16.0 Å². The summed E-state index contributed by atoms with van der Waals surface area (Å²) < 4.78 is 5.49. The second-order valence-corrected chi connectivity index (χ2v) is 9.07. The van der Waals surface area contributed by atoms with E-state index < -0.39 is 11.9 Å². The highest BCUT2D eigenvalue weighted by atomic mass is 16.4. The van der Waals surface area contributed by atoms with Gasteiger partial charge in [0.25, 0.3) is 0 Å². The normalized spacial score (nSPS) is 17.1. The summed E-state index contributed by atoms with van der Waals surface area (Å²) in [5.74, 6) is -1.25. The first-order valence-corrected chi connectivity index (χ1v) is 12.2. The summed E-state index contributed by atoms with van der Waals surface area (Å²) in [4.78, 5) is 23.7. The largest absolute Gasteiger partial charge is 0.481 e. The molecule has 4 N–H and O–H groups in total. The van der Waals surface area contributed by atoms with E-state index in [4.69, 9.17) is 4.42 Å². The number of benzene rings is 3. The van der Waals surface area contributed by atoms with Gasteiger partial charge in [0.1, 0.15) is 0 Å². The fourth-order valence-corrected chi connectivity index (χ4v) is 4.51. The summed E-state index contributed by atoms with van der Waals surface area (Å²) in [6.45, 7) is 0. The smallest absolute Gasteiger partial charge is 0.320 e. The zero-order valence-electron chi connectivity index (χ0n) is 20.1. The van der Waals surface area contributed by atoms with Gasteiger partial charge in [-0.1, -0.05) is 35.4 Å². The Morgan fingerprint density at radius 3 is 1.97 bits per heavy atom. The molecule has 1 amide bonds. The fraction of sp³-hybridized carbons (Fsp3) is 0.214. The highest BCUT2D eigenvalue weighted by molar-refractivity contribution is 6.00. The molecule has 0 aliphatic heterocycles. The van der Waals surface area contributed by atoms with Crippen molar-refractivity contribution < 1.29 is 19.1 Å². The van der Waals surface area contributed by atoms with Gasteiger partial charge in [-0.05, 0) is 85.7 Å². The van der Waals surface area contributed by atoms with E-state index in [1.54, 1.807) is 0 Å². The Balaban J connectivity index is 1.14. The van der Waals surface area contributed by atoms with Crippen LogP contribution < -0.4 is 16.0 Å². The molecule has 1 fully saturated rings. The lowest BCUT2D eigenvalue weighted by molar-refractivity contribution is -0.142. The lowest BCUT2D eigenvalue weighted by Crippen LogP contribution is -2.20. The van der Waals surface area contributed by atoms with Crippen molar-refractivity contribution in [2.24, 2.45) is 5.92 Å². The molecule has 9 nitrogen and oxygen atoms in total. The first-order valence-electron chi connectivity index (χ1n) is 12.2. The lowest BCUT2D eigenvalue weighted by atomic mass is 9.79. The molecule has 0 atom stereocenters. The van der Waals surface area contributed by atoms with Crippen LogP contribution in [0.15, 0.2) is 83.3 Å². The van der Waals surface area contributed by atoms with Crippen molar-refractivity contribution in [1.82, 2.24) is 10.2 Å². The van der Waals surface area contributed by atoms with Gasteiger partial charge < -0.3 is 25.5 Å². The predicted molar refractivity (Wildman–Crippen MR) is 140 cm³/mol. The van der Waals surface area contributed by atoms with Crippen molar-refractivity contribution in [2.45, 2.75) is 31.6 Å². The van der Waals surface area contributed by atoms with E-state index in [1.807, 2.05) is 78.9 Å². The number of para-hydroxylation sites is 1. The van der Waals surface area contributed by atoms with E-state index in [2.05, 4.69) is 26.1 Å². The molecule has 1 aliphatic carbocycles. The molecular formula is C28H27N5O4. The van der Waals surface area contributed by atoms with Gasteiger partial charge in [0, 0.05) is 22.7 Å². The maximum Gasteiger partial charge on any atom is 0.320 e. The topological polar surface area (TPSA) is 129 Å². The lowest BCUT2D eigenvalue weighted by Gasteiger charge is -2.26. The molecule has 0 spiro atoms. The number of carbonyl (C=O) groups excluding carboxylic acids is 1. The quantitative estimate of drug-likeness (QED) is 0.227. The van der Waals surface area contributed by atoms with Crippen LogP contribution in [0.25, 0.3) is 0 Å². The molecule has 37 heavy (non-hydrogen) atoms. The maximum atomic E-state index is 12.6. The Bertz CT molecular complexity index is 1350. The van der Waals surface area contributed by atoms with Crippen molar-refractivity contribution in [3.8, 4) is 0 Å². The van der Waals surface area contributed by atoms with Gasteiger partial charge in [0.2, 0.25) is 0 Å². The minimum Gasteiger partial charge on any atom is -0.481 e. The van der Waals surface area contributed by atoms with E-state index in [0.29, 0.717) is 24.4 Å². The van der Waals surface area contributed by atoms with Gasteiger partial charge in [-0.15, -0.1) is 5.10 Å². The van der Waals surface area contributed by atoms with Crippen LogP contribution in [0.4, 0.5) is 28.8 Å². The van der Waals surface area contributed by atoms with Gasteiger partial charge >= 0.3 is 23.8 Å². The average molecular weight is 498 g/mol. The molecule has 4 aromatic rings. The highest BCUT2D eigenvalue weighted by Crippen LogP contribution is 2.36. The summed E-state index contributed by atoms with van der Waals surface area (Å²) in [6, 6.07) is 25.1. The number of aromatic nitrogens is 2. The monoisotopic (exact) mass is 497 g/mol. The van der Waals surface area contributed by atoms with Gasteiger partial charge in [-0.25, -0.2) is 0 Å². The minimum atomic E-state index is -0.704. The van der Waals surface area contributed by atoms with Crippen LogP contribution in [-0.2, 0) is 4.79 Å². The summed E-state index contributed by atoms with van der Waals surface area (Å²) in [5, 5.41) is 26.0. The molecule has 5 rings (SSSR count). The number of carboxylic acid groups (broad SMARTS) is 1. The van der Waals surface area contributed by atoms with Gasteiger partial charge in [0.05, 0.1) is 5.92 Å². The van der Waals surface area contributed by atoms with Crippen LogP contribution in [0.1, 0.15) is 47.8 Å². The summed E-state index contributed by atoms with van der Waals surface area (Å²) in [6.07, 6.45) is 3.10. The molecule has 9 heteroatoms. The Morgan fingerprint density at radius 2 is 1.32 bits per heavy atom. The van der Waals surface area contributed by atoms with E-state index in [-0.39, 0.29) is 17.8 Å². The number of rotatable bonds is 8.